The normalized spacial score (nSPS) is 20.4. The van der Waals surface area contributed by atoms with Gasteiger partial charge in [-0.2, -0.15) is 0 Å². The van der Waals surface area contributed by atoms with E-state index in [4.69, 9.17) is 9.15 Å². The van der Waals surface area contributed by atoms with Crippen LogP contribution in [0.25, 0.3) is 22.4 Å². The lowest BCUT2D eigenvalue weighted by Gasteiger charge is -2.25. The number of hydrogen-bond acceptors (Lipinski definition) is 6. The highest BCUT2D eigenvalue weighted by atomic mass is 19.1. The van der Waals surface area contributed by atoms with Crippen molar-refractivity contribution in [3.63, 3.8) is 0 Å². The Labute approximate surface area is 148 Å². The Morgan fingerprint density at radius 3 is 2.81 bits per heavy atom. The lowest BCUT2D eigenvalue weighted by Crippen LogP contribution is -2.32. The largest absolute Gasteiger partial charge is 0.507 e. The fraction of sp³-hybridized carbons (Fsp3) is 0.389. The standard InChI is InChI=1S/C18H18FN3O4/c1-22-13-9-14(23)10(8-16(13)26-18(22)24)12-6-7-17(21-20-12)25-15-5-3-2-4-11(15)19/h6-9,11,15,23H,2-5H2,1H3/t11-,15+/m0/s1. The van der Waals surface area contributed by atoms with Crippen molar-refractivity contribution >= 4 is 11.1 Å². The maximum Gasteiger partial charge on any atom is 0.419 e. The van der Waals surface area contributed by atoms with Gasteiger partial charge in [-0.25, -0.2) is 9.18 Å². The number of alkyl halides is 1. The van der Waals surface area contributed by atoms with E-state index in [1.165, 1.54) is 16.7 Å². The fourth-order valence-electron chi connectivity index (χ4n) is 3.23. The highest BCUT2D eigenvalue weighted by molar-refractivity contribution is 5.83. The molecule has 2 aromatic heterocycles. The third-order valence-electron chi connectivity index (χ3n) is 4.72. The van der Waals surface area contributed by atoms with Gasteiger partial charge in [-0.3, -0.25) is 4.57 Å². The number of hydrogen-bond donors (Lipinski definition) is 1. The van der Waals surface area contributed by atoms with Crippen molar-refractivity contribution in [2.75, 3.05) is 0 Å². The summed E-state index contributed by atoms with van der Waals surface area (Å²) in [5, 5.41) is 18.3. The molecule has 26 heavy (non-hydrogen) atoms. The van der Waals surface area contributed by atoms with Crippen LogP contribution in [0.2, 0.25) is 0 Å². The first-order chi connectivity index (χ1) is 12.5. The summed E-state index contributed by atoms with van der Waals surface area (Å²) in [4.78, 5) is 11.6. The molecular weight excluding hydrogens is 341 g/mol. The minimum atomic E-state index is -0.988. The number of aryl methyl sites for hydroxylation is 1. The van der Waals surface area contributed by atoms with Gasteiger partial charge < -0.3 is 14.3 Å². The van der Waals surface area contributed by atoms with E-state index in [0.29, 0.717) is 35.2 Å². The number of aromatic hydroxyl groups is 1. The van der Waals surface area contributed by atoms with Gasteiger partial charge >= 0.3 is 5.76 Å². The summed E-state index contributed by atoms with van der Waals surface area (Å²) in [7, 11) is 1.56. The molecule has 0 bridgehead atoms. The molecule has 0 aliphatic heterocycles. The lowest BCUT2D eigenvalue weighted by molar-refractivity contribution is 0.0594. The second-order valence-electron chi connectivity index (χ2n) is 6.48. The van der Waals surface area contributed by atoms with E-state index in [1.54, 1.807) is 19.2 Å². The maximum atomic E-state index is 13.9. The number of phenols is 1. The number of fused-ring (bicyclic) bond motifs is 1. The first-order valence-corrected chi connectivity index (χ1v) is 8.50. The fourth-order valence-corrected chi connectivity index (χ4v) is 3.23. The minimum Gasteiger partial charge on any atom is -0.507 e. The van der Waals surface area contributed by atoms with Crippen LogP contribution < -0.4 is 10.5 Å². The van der Waals surface area contributed by atoms with Gasteiger partial charge in [0, 0.05) is 24.7 Å². The molecule has 1 saturated carbocycles. The number of phenolic OH excluding ortho intramolecular Hbond substituents is 1. The topological polar surface area (TPSA) is 90.4 Å². The first-order valence-electron chi connectivity index (χ1n) is 8.50. The molecule has 2 heterocycles. The van der Waals surface area contributed by atoms with E-state index in [0.717, 1.165) is 12.8 Å². The Bertz CT molecular complexity index is 996. The molecule has 1 aromatic carbocycles. The van der Waals surface area contributed by atoms with Gasteiger partial charge in [-0.1, -0.05) is 6.42 Å². The molecule has 0 amide bonds. The zero-order chi connectivity index (χ0) is 18.3. The Morgan fingerprint density at radius 2 is 2.08 bits per heavy atom. The molecule has 136 valence electrons. The number of rotatable bonds is 3. The second-order valence-corrected chi connectivity index (χ2v) is 6.48. The predicted molar refractivity (Wildman–Crippen MR) is 91.9 cm³/mol. The van der Waals surface area contributed by atoms with Crippen LogP contribution in [0, 0.1) is 0 Å². The lowest BCUT2D eigenvalue weighted by atomic mass is 9.96. The third-order valence-corrected chi connectivity index (χ3v) is 4.72. The smallest absolute Gasteiger partial charge is 0.419 e. The number of benzene rings is 1. The minimum absolute atomic E-state index is 0.0482. The predicted octanol–water partition coefficient (Wildman–Crippen LogP) is 2.95. The van der Waals surface area contributed by atoms with Gasteiger partial charge in [0.25, 0.3) is 0 Å². The average molecular weight is 359 g/mol. The molecule has 1 fully saturated rings. The first kappa shape index (κ1) is 16.6. The van der Waals surface area contributed by atoms with E-state index in [9.17, 15) is 14.3 Å². The van der Waals surface area contributed by atoms with E-state index in [2.05, 4.69) is 10.2 Å². The van der Waals surface area contributed by atoms with Crippen LogP contribution in [0.5, 0.6) is 11.6 Å². The Hall–Kier alpha value is -2.90. The van der Waals surface area contributed by atoms with E-state index < -0.39 is 18.0 Å². The average Bonchev–Trinajstić information content (AvgIpc) is 2.91. The van der Waals surface area contributed by atoms with Gasteiger partial charge in [0.1, 0.15) is 18.0 Å². The SMILES string of the molecule is Cn1c(=O)oc2cc(-c3ccc(O[C@@H]4CCCC[C@@H]4F)nn3)c(O)cc21. The second kappa shape index (κ2) is 6.44. The van der Waals surface area contributed by atoms with Gasteiger partial charge in [0.15, 0.2) is 5.58 Å². The molecule has 1 N–H and O–H groups in total. The van der Waals surface area contributed by atoms with E-state index in [1.807, 2.05) is 0 Å². The van der Waals surface area contributed by atoms with Crippen molar-refractivity contribution in [2.24, 2.45) is 7.05 Å². The van der Waals surface area contributed by atoms with Crippen LogP contribution in [0.3, 0.4) is 0 Å². The maximum absolute atomic E-state index is 13.9. The van der Waals surface area contributed by atoms with Crippen molar-refractivity contribution in [3.8, 4) is 22.9 Å². The quantitative estimate of drug-likeness (QED) is 0.773. The monoisotopic (exact) mass is 359 g/mol. The molecule has 1 aliphatic rings. The number of oxazole rings is 1. The van der Waals surface area contributed by atoms with Crippen molar-refractivity contribution in [1.82, 2.24) is 14.8 Å². The van der Waals surface area contributed by atoms with Crippen molar-refractivity contribution in [2.45, 2.75) is 38.0 Å². The molecule has 4 rings (SSSR count). The molecule has 7 nitrogen and oxygen atoms in total. The summed E-state index contributed by atoms with van der Waals surface area (Å²) in [6, 6.07) is 6.20. The molecule has 1 aliphatic carbocycles. The van der Waals surface area contributed by atoms with Crippen LogP contribution in [0.1, 0.15) is 25.7 Å². The van der Waals surface area contributed by atoms with Gasteiger partial charge in [0.05, 0.1) is 11.2 Å². The number of nitrogens with zero attached hydrogens (tertiary/aromatic N) is 3. The summed E-state index contributed by atoms with van der Waals surface area (Å²) >= 11 is 0. The van der Waals surface area contributed by atoms with Gasteiger partial charge in [-0.05, 0) is 31.4 Å². The van der Waals surface area contributed by atoms with Crippen LogP contribution >= 0.6 is 0 Å². The number of halogens is 1. The summed E-state index contributed by atoms with van der Waals surface area (Å²) in [6.45, 7) is 0. The zero-order valence-electron chi connectivity index (χ0n) is 14.2. The van der Waals surface area contributed by atoms with Crippen molar-refractivity contribution < 1.29 is 18.7 Å². The summed E-state index contributed by atoms with van der Waals surface area (Å²) in [5.74, 6) is -0.317. The Kier molecular flexibility index (Phi) is 4.10. The van der Waals surface area contributed by atoms with Crippen LogP contribution in [-0.4, -0.2) is 32.1 Å². The third kappa shape index (κ3) is 2.91. The number of aromatic nitrogens is 3. The summed E-state index contributed by atoms with van der Waals surface area (Å²) in [6.07, 6.45) is 1.50. The van der Waals surface area contributed by atoms with E-state index >= 15 is 0 Å². The molecule has 0 radical (unpaired) electrons. The zero-order valence-corrected chi connectivity index (χ0v) is 14.2. The molecule has 0 saturated heterocycles. The highest BCUT2D eigenvalue weighted by Crippen LogP contribution is 2.32. The van der Waals surface area contributed by atoms with Gasteiger partial charge in [0.2, 0.25) is 5.88 Å². The number of ether oxygens (including phenoxy) is 1. The molecule has 2 atom stereocenters. The Balaban J connectivity index is 1.61. The molecular formula is C18H18FN3O4. The van der Waals surface area contributed by atoms with Crippen LogP contribution in [0.15, 0.2) is 33.5 Å². The van der Waals surface area contributed by atoms with Gasteiger partial charge in [-0.15, -0.1) is 10.2 Å². The van der Waals surface area contributed by atoms with Crippen LogP contribution in [-0.2, 0) is 7.05 Å². The van der Waals surface area contributed by atoms with Crippen molar-refractivity contribution in [3.05, 3.63) is 34.8 Å². The van der Waals surface area contributed by atoms with Crippen LogP contribution in [0.4, 0.5) is 4.39 Å². The molecule has 0 spiro atoms. The summed E-state index contributed by atoms with van der Waals surface area (Å²) < 4.78 is 25.9. The highest BCUT2D eigenvalue weighted by Gasteiger charge is 2.27. The molecule has 0 unspecified atom stereocenters. The van der Waals surface area contributed by atoms with E-state index in [-0.39, 0.29) is 11.6 Å². The summed E-state index contributed by atoms with van der Waals surface area (Å²) in [5.41, 5.74) is 1.60. The van der Waals surface area contributed by atoms with Crippen molar-refractivity contribution in [1.29, 1.82) is 0 Å². The Morgan fingerprint density at radius 1 is 1.27 bits per heavy atom. The molecule has 3 aromatic rings. The molecule has 8 heteroatoms.